The molecule has 8 aromatic rings. The number of aryl methyl sites for hydroxylation is 6. The van der Waals surface area contributed by atoms with Gasteiger partial charge in [0, 0.05) is 23.8 Å². The SMILES string of the molecule is C.CC(C)(C)C.CC1CCCCC1.Cc1ccc(C)c(C)n1.Cc1ccc2ccc3ccccc3c2c1.Cc1cccc2c1ccc1ccccc12.Cc1cccnc1. The summed E-state index contributed by atoms with van der Waals surface area (Å²) < 4.78 is 0. The fourth-order valence-electron chi connectivity index (χ4n) is 6.82. The first kappa shape index (κ1) is 48.0. The minimum absolute atomic E-state index is 0. The van der Waals surface area contributed by atoms with Crippen molar-refractivity contribution < 1.29 is 0 Å². The van der Waals surface area contributed by atoms with Crippen molar-refractivity contribution in [2.24, 2.45) is 11.3 Å². The summed E-state index contributed by atoms with van der Waals surface area (Å²) in [6, 6.07) is 47.1. The molecular formula is C57H72N2. The Balaban J connectivity index is 0.000000198. The van der Waals surface area contributed by atoms with E-state index in [1.54, 1.807) is 6.20 Å². The summed E-state index contributed by atoms with van der Waals surface area (Å²) >= 11 is 0. The van der Waals surface area contributed by atoms with E-state index in [9.17, 15) is 0 Å². The van der Waals surface area contributed by atoms with Crippen LogP contribution in [-0.2, 0) is 0 Å². The van der Waals surface area contributed by atoms with Gasteiger partial charge < -0.3 is 0 Å². The molecule has 0 aliphatic heterocycles. The van der Waals surface area contributed by atoms with Gasteiger partial charge in [-0.15, -0.1) is 0 Å². The molecule has 0 saturated heterocycles. The van der Waals surface area contributed by atoms with Gasteiger partial charge in [-0.1, -0.05) is 201 Å². The molecule has 2 heterocycles. The first-order valence-corrected chi connectivity index (χ1v) is 21.2. The molecule has 0 unspecified atom stereocenters. The van der Waals surface area contributed by atoms with E-state index in [0.717, 1.165) is 17.3 Å². The largest absolute Gasteiger partial charge is 0.264 e. The van der Waals surface area contributed by atoms with Gasteiger partial charge in [-0.2, -0.15) is 0 Å². The fraction of sp³-hybridized carbons (Fsp3) is 0.333. The monoisotopic (exact) mass is 785 g/mol. The zero-order valence-corrected chi connectivity index (χ0v) is 37.4. The lowest BCUT2D eigenvalue weighted by Crippen LogP contribution is -1.99. The summed E-state index contributed by atoms with van der Waals surface area (Å²) in [7, 11) is 0. The Hall–Kier alpha value is -5.34. The smallest absolute Gasteiger partial charge is 0.0404 e. The second-order valence-corrected chi connectivity index (χ2v) is 17.6. The van der Waals surface area contributed by atoms with Crippen LogP contribution in [0.2, 0.25) is 0 Å². The molecule has 0 atom stereocenters. The van der Waals surface area contributed by atoms with E-state index >= 15 is 0 Å². The maximum Gasteiger partial charge on any atom is 0.0404 e. The van der Waals surface area contributed by atoms with E-state index in [0.29, 0.717) is 5.41 Å². The number of benzene rings is 6. The van der Waals surface area contributed by atoms with Crippen molar-refractivity contribution in [2.45, 2.75) is 116 Å². The molecular weight excluding hydrogens is 713 g/mol. The summed E-state index contributed by atoms with van der Waals surface area (Å²) in [6.45, 7) is 23.5. The Kier molecular flexibility index (Phi) is 19.5. The molecule has 6 aromatic carbocycles. The Morgan fingerprint density at radius 3 is 1.53 bits per heavy atom. The minimum Gasteiger partial charge on any atom is -0.264 e. The van der Waals surface area contributed by atoms with Crippen molar-refractivity contribution in [1.29, 1.82) is 0 Å². The van der Waals surface area contributed by atoms with Crippen LogP contribution in [0.15, 0.2) is 146 Å². The van der Waals surface area contributed by atoms with Gasteiger partial charge in [0.1, 0.15) is 0 Å². The number of hydrogen-bond donors (Lipinski definition) is 0. The lowest BCUT2D eigenvalue weighted by atomic mass is 9.91. The zero-order valence-electron chi connectivity index (χ0n) is 37.4. The molecule has 2 nitrogen and oxygen atoms in total. The van der Waals surface area contributed by atoms with Crippen LogP contribution in [0.25, 0.3) is 43.1 Å². The summed E-state index contributed by atoms with van der Waals surface area (Å²) in [4.78, 5) is 8.16. The highest BCUT2D eigenvalue weighted by Gasteiger charge is 2.06. The van der Waals surface area contributed by atoms with Gasteiger partial charge in [0.05, 0.1) is 0 Å². The van der Waals surface area contributed by atoms with Crippen LogP contribution in [-0.4, -0.2) is 9.97 Å². The molecule has 2 aromatic heterocycles. The highest BCUT2D eigenvalue weighted by atomic mass is 14.7. The maximum atomic E-state index is 4.27. The average Bonchev–Trinajstić information content (AvgIpc) is 3.20. The third kappa shape index (κ3) is 16.4. The van der Waals surface area contributed by atoms with E-state index in [4.69, 9.17) is 0 Å². The first-order chi connectivity index (χ1) is 27.7. The Labute approximate surface area is 358 Å². The quantitative estimate of drug-likeness (QED) is 0.143. The highest BCUT2D eigenvalue weighted by Crippen LogP contribution is 2.28. The Morgan fingerprint density at radius 1 is 0.475 bits per heavy atom. The van der Waals surface area contributed by atoms with Crippen molar-refractivity contribution in [1.82, 2.24) is 9.97 Å². The number of rotatable bonds is 0. The second-order valence-electron chi connectivity index (χ2n) is 17.6. The lowest BCUT2D eigenvalue weighted by Gasteiger charge is -2.15. The van der Waals surface area contributed by atoms with Gasteiger partial charge in [0.2, 0.25) is 0 Å². The van der Waals surface area contributed by atoms with E-state index in [1.165, 1.54) is 97.4 Å². The maximum absolute atomic E-state index is 4.27. The molecule has 310 valence electrons. The lowest BCUT2D eigenvalue weighted by molar-refractivity contribution is 0.385. The van der Waals surface area contributed by atoms with Crippen molar-refractivity contribution in [3.63, 3.8) is 0 Å². The molecule has 0 bridgehead atoms. The predicted molar refractivity (Wildman–Crippen MR) is 264 cm³/mol. The van der Waals surface area contributed by atoms with Crippen molar-refractivity contribution in [3.05, 3.63) is 179 Å². The van der Waals surface area contributed by atoms with Crippen molar-refractivity contribution in [3.8, 4) is 0 Å². The zero-order chi connectivity index (χ0) is 42.1. The molecule has 59 heavy (non-hydrogen) atoms. The molecule has 1 aliphatic carbocycles. The number of nitrogens with zero attached hydrogens (tertiary/aromatic N) is 2. The van der Waals surface area contributed by atoms with Gasteiger partial charge in [-0.25, -0.2) is 0 Å². The van der Waals surface area contributed by atoms with Crippen LogP contribution in [0.4, 0.5) is 0 Å². The highest BCUT2D eigenvalue weighted by molar-refractivity contribution is 6.08. The van der Waals surface area contributed by atoms with E-state index < -0.39 is 0 Å². The molecule has 1 aliphatic rings. The molecule has 0 amide bonds. The number of hydrogen-bond acceptors (Lipinski definition) is 2. The third-order valence-corrected chi connectivity index (χ3v) is 10.1. The van der Waals surface area contributed by atoms with Gasteiger partial charge in [-0.05, 0) is 125 Å². The van der Waals surface area contributed by atoms with E-state index in [1.807, 2.05) is 45.2 Å². The third-order valence-electron chi connectivity index (χ3n) is 10.1. The Bertz CT molecular complexity index is 2400. The number of fused-ring (bicyclic) bond motifs is 6. The van der Waals surface area contributed by atoms with Gasteiger partial charge >= 0.3 is 0 Å². The van der Waals surface area contributed by atoms with Gasteiger partial charge in [-0.3, -0.25) is 9.97 Å². The first-order valence-electron chi connectivity index (χ1n) is 21.2. The summed E-state index contributed by atoms with van der Waals surface area (Å²) in [5, 5.41) is 10.7. The van der Waals surface area contributed by atoms with Crippen LogP contribution < -0.4 is 0 Å². The second kappa shape index (κ2) is 23.9. The van der Waals surface area contributed by atoms with Crippen LogP contribution >= 0.6 is 0 Å². The number of pyridine rings is 2. The predicted octanol–water partition coefficient (Wildman–Crippen LogP) is 17.3. The van der Waals surface area contributed by atoms with Crippen molar-refractivity contribution >= 4 is 43.1 Å². The molecule has 2 heteroatoms. The van der Waals surface area contributed by atoms with Crippen molar-refractivity contribution in [2.75, 3.05) is 0 Å². The average molecular weight is 785 g/mol. The van der Waals surface area contributed by atoms with Crippen LogP contribution in [0.1, 0.15) is 108 Å². The standard InChI is InChI=1S/2C15H12.C8H11N.C7H14.C6H7N.C5H12.CH4/c1-11-5-4-8-15-13(11)10-9-12-6-2-3-7-14(12)15;1-11-6-7-13-9-8-12-4-2-3-5-14(12)15(13)10-11;1-6-4-5-7(2)9-8(6)3;1-7-5-3-2-4-6-7;1-6-3-2-4-7-5-6;1-5(2,3)4;/h2*2-10H,1H3;4-5H,1-3H3;7H,2-6H2,1H3;2-5H,1H3;1-4H3;1H4. The Morgan fingerprint density at radius 2 is 1.02 bits per heavy atom. The normalized spacial score (nSPS) is 12.1. The topological polar surface area (TPSA) is 25.8 Å². The van der Waals surface area contributed by atoms with Gasteiger partial charge in [0.25, 0.3) is 0 Å². The van der Waals surface area contributed by atoms with E-state index in [-0.39, 0.29) is 7.43 Å². The molecule has 9 rings (SSSR count). The minimum atomic E-state index is 0. The molecule has 0 N–H and O–H groups in total. The number of aromatic nitrogens is 2. The molecule has 1 fully saturated rings. The summed E-state index contributed by atoms with van der Waals surface area (Å²) in [5.74, 6) is 1.04. The molecule has 0 radical (unpaired) electrons. The summed E-state index contributed by atoms with van der Waals surface area (Å²) in [5.41, 5.74) is 7.87. The van der Waals surface area contributed by atoms with Crippen LogP contribution in [0.3, 0.4) is 0 Å². The van der Waals surface area contributed by atoms with Crippen LogP contribution in [0.5, 0.6) is 0 Å². The van der Waals surface area contributed by atoms with Crippen LogP contribution in [0, 0.1) is 52.9 Å². The fourth-order valence-corrected chi connectivity index (χ4v) is 6.82. The molecule has 1 saturated carbocycles. The summed E-state index contributed by atoms with van der Waals surface area (Å²) in [6.07, 6.45) is 11.0. The van der Waals surface area contributed by atoms with E-state index in [2.05, 4.69) is 181 Å². The molecule has 0 spiro atoms. The van der Waals surface area contributed by atoms with Gasteiger partial charge in [0.15, 0.2) is 0 Å².